The summed E-state index contributed by atoms with van der Waals surface area (Å²) in [7, 11) is 1.39. The van der Waals surface area contributed by atoms with Crippen molar-refractivity contribution < 1.29 is 13.9 Å². The summed E-state index contributed by atoms with van der Waals surface area (Å²) < 4.78 is 19.0. The lowest BCUT2D eigenvalue weighted by Gasteiger charge is -2.09. The molecule has 0 saturated carbocycles. The number of halogens is 2. The third kappa shape index (κ3) is 2.22. The second-order valence-corrected chi connectivity index (χ2v) is 4.11. The Balaban J connectivity index is 2.68. The minimum Gasteiger partial charge on any atom is -0.494 e. The predicted octanol–water partition coefficient (Wildman–Crippen LogP) is 3.97. The summed E-state index contributed by atoms with van der Waals surface area (Å²) in [5, 5.41) is 0.442. The maximum Gasteiger partial charge on any atom is 0.172 e. The first kappa shape index (κ1) is 12.6. The topological polar surface area (TPSA) is 26.3 Å². The van der Waals surface area contributed by atoms with Gasteiger partial charge in [0.25, 0.3) is 0 Å². The van der Waals surface area contributed by atoms with E-state index in [9.17, 15) is 9.18 Å². The van der Waals surface area contributed by atoms with Crippen LogP contribution in [-0.4, -0.2) is 13.4 Å². The first-order valence-corrected chi connectivity index (χ1v) is 5.62. The van der Waals surface area contributed by atoms with Gasteiger partial charge in [-0.05, 0) is 29.8 Å². The van der Waals surface area contributed by atoms with E-state index in [1.165, 1.54) is 13.2 Å². The van der Waals surface area contributed by atoms with E-state index in [0.717, 1.165) is 0 Å². The minimum absolute atomic E-state index is 0.129. The van der Waals surface area contributed by atoms with Gasteiger partial charge in [0.1, 0.15) is 0 Å². The number of aldehydes is 1. The third-order valence-corrected chi connectivity index (χ3v) is 2.85. The molecule has 0 saturated heterocycles. The lowest BCUT2D eigenvalue weighted by molar-refractivity contribution is 0.112. The molecular formula is C14H10ClFO2. The molecular weight excluding hydrogens is 255 g/mol. The van der Waals surface area contributed by atoms with Crippen LogP contribution in [-0.2, 0) is 0 Å². The Labute approximate surface area is 109 Å². The van der Waals surface area contributed by atoms with Crippen LogP contribution in [0.5, 0.6) is 5.75 Å². The van der Waals surface area contributed by atoms with E-state index in [1.54, 1.807) is 30.3 Å². The molecule has 18 heavy (non-hydrogen) atoms. The molecule has 0 spiro atoms. The Morgan fingerprint density at radius 3 is 2.67 bits per heavy atom. The Hall–Kier alpha value is -1.87. The molecule has 0 heterocycles. The molecule has 0 aliphatic carbocycles. The third-order valence-electron chi connectivity index (χ3n) is 2.62. The van der Waals surface area contributed by atoms with Crippen LogP contribution in [0.25, 0.3) is 11.1 Å². The predicted molar refractivity (Wildman–Crippen MR) is 68.8 cm³/mol. The summed E-state index contributed by atoms with van der Waals surface area (Å²) in [6, 6.07) is 9.47. The number of carbonyl (C=O) groups is 1. The van der Waals surface area contributed by atoms with Crippen LogP contribution in [0.1, 0.15) is 10.4 Å². The SMILES string of the molecule is COc1cccc(-c2cc(Cl)ccc2C=O)c1F. The Morgan fingerprint density at radius 1 is 1.22 bits per heavy atom. The first-order valence-electron chi connectivity index (χ1n) is 5.25. The molecule has 2 aromatic rings. The van der Waals surface area contributed by atoms with Crippen molar-refractivity contribution in [2.75, 3.05) is 7.11 Å². The summed E-state index contributed by atoms with van der Waals surface area (Å²) in [6.07, 6.45) is 0.671. The molecule has 0 aliphatic heterocycles. The average Bonchev–Trinajstić information content (AvgIpc) is 2.39. The highest BCUT2D eigenvalue weighted by molar-refractivity contribution is 6.31. The number of carbonyl (C=O) groups excluding carboxylic acids is 1. The van der Waals surface area contributed by atoms with Gasteiger partial charge >= 0.3 is 0 Å². The van der Waals surface area contributed by atoms with Crippen LogP contribution < -0.4 is 4.74 Å². The quantitative estimate of drug-likeness (QED) is 0.784. The molecule has 4 heteroatoms. The Kier molecular flexibility index (Phi) is 3.63. The van der Waals surface area contributed by atoms with Crippen molar-refractivity contribution in [2.24, 2.45) is 0 Å². The number of hydrogen-bond donors (Lipinski definition) is 0. The fraction of sp³-hybridized carbons (Fsp3) is 0.0714. The lowest BCUT2D eigenvalue weighted by Crippen LogP contribution is -1.94. The van der Waals surface area contributed by atoms with Gasteiger partial charge in [0.15, 0.2) is 17.9 Å². The first-order chi connectivity index (χ1) is 8.67. The van der Waals surface area contributed by atoms with E-state index >= 15 is 0 Å². The monoisotopic (exact) mass is 264 g/mol. The molecule has 0 amide bonds. The molecule has 0 atom stereocenters. The van der Waals surface area contributed by atoms with Gasteiger partial charge in [-0.25, -0.2) is 4.39 Å². The van der Waals surface area contributed by atoms with Crippen molar-refractivity contribution in [2.45, 2.75) is 0 Å². The zero-order chi connectivity index (χ0) is 13.1. The van der Waals surface area contributed by atoms with Crippen molar-refractivity contribution in [3.8, 4) is 16.9 Å². The van der Waals surface area contributed by atoms with Gasteiger partial charge in [0.2, 0.25) is 0 Å². The summed E-state index contributed by atoms with van der Waals surface area (Å²) in [5.74, 6) is -0.380. The van der Waals surface area contributed by atoms with Crippen LogP contribution in [0.3, 0.4) is 0 Å². The maximum absolute atomic E-state index is 14.1. The molecule has 0 bridgehead atoms. The molecule has 0 unspecified atom stereocenters. The van der Waals surface area contributed by atoms with E-state index in [1.807, 2.05) is 0 Å². The highest BCUT2D eigenvalue weighted by Crippen LogP contribution is 2.32. The molecule has 0 fully saturated rings. The van der Waals surface area contributed by atoms with E-state index in [2.05, 4.69) is 0 Å². The van der Waals surface area contributed by atoms with Gasteiger partial charge in [-0.2, -0.15) is 0 Å². The van der Waals surface area contributed by atoms with Crippen LogP contribution in [0, 0.1) is 5.82 Å². The van der Waals surface area contributed by atoms with Crippen molar-refractivity contribution in [1.82, 2.24) is 0 Å². The molecule has 0 aromatic heterocycles. The summed E-state index contributed by atoms with van der Waals surface area (Å²) in [4.78, 5) is 11.0. The van der Waals surface area contributed by atoms with Crippen molar-refractivity contribution in [3.05, 3.63) is 52.8 Å². The highest BCUT2D eigenvalue weighted by atomic mass is 35.5. The molecule has 0 N–H and O–H groups in total. The Bertz CT molecular complexity index is 596. The molecule has 2 nitrogen and oxygen atoms in total. The average molecular weight is 265 g/mol. The van der Waals surface area contributed by atoms with Gasteiger partial charge in [-0.3, -0.25) is 4.79 Å². The van der Waals surface area contributed by atoms with Gasteiger partial charge in [0, 0.05) is 16.1 Å². The smallest absolute Gasteiger partial charge is 0.172 e. The summed E-state index contributed by atoms with van der Waals surface area (Å²) >= 11 is 5.88. The fourth-order valence-corrected chi connectivity index (χ4v) is 1.91. The summed E-state index contributed by atoms with van der Waals surface area (Å²) in [6.45, 7) is 0. The fourth-order valence-electron chi connectivity index (χ4n) is 1.74. The number of ether oxygens (including phenoxy) is 1. The zero-order valence-corrected chi connectivity index (χ0v) is 10.4. The maximum atomic E-state index is 14.1. The molecule has 0 radical (unpaired) electrons. The van der Waals surface area contributed by atoms with Crippen LogP contribution >= 0.6 is 11.6 Å². The molecule has 2 aromatic carbocycles. The number of methoxy groups -OCH3 is 1. The van der Waals surface area contributed by atoms with Gasteiger partial charge in [0.05, 0.1) is 7.11 Å². The number of hydrogen-bond acceptors (Lipinski definition) is 2. The van der Waals surface area contributed by atoms with Crippen LogP contribution in [0.15, 0.2) is 36.4 Å². The van der Waals surface area contributed by atoms with Gasteiger partial charge in [-0.15, -0.1) is 0 Å². The number of benzene rings is 2. The van der Waals surface area contributed by atoms with Crippen molar-refractivity contribution >= 4 is 17.9 Å². The number of rotatable bonds is 3. The Morgan fingerprint density at radius 2 is 2.00 bits per heavy atom. The van der Waals surface area contributed by atoms with Gasteiger partial charge in [-0.1, -0.05) is 23.7 Å². The van der Waals surface area contributed by atoms with E-state index in [4.69, 9.17) is 16.3 Å². The van der Waals surface area contributed by atoms with Crippen LogP contribution in [0.4, 0.5) is 4.39 Å². The van der Waals surface area contributed by atoms with E-state index in [-0.39, 0.29) is 5.75 Å². The van der Waals surface area contributed by atoms with Crippen LogP contribution in [0.2, 0.25) is 5.02 Å². The standard InChI is InChI=1S/C14H10ClFO2/c1-18-13-4-2-3-11(14(13)16)12-7-10(15)6-5-9(12)8-17/h2-8H,1H3. The second-order valence-electron chi connectivity index (χ2n) is 3.67. The van der Waals surface area contributed by atoms with Gasteiger partial charge < -0.3 is 4.74 Å². The van der Waals surface area contributed by atoms with E-state index < -0.39 is 5.82 Å². The minimum atomic E-state index is -0.509. The molecule has 2 rings (SSSR count). The second kappa shape index (κ2) is 5.19. The van der Waals surface area contributed by atoms with E-state index in [0.29, 0.717) is 28.0 Å². The summed E-state index contributed by atoms with van der Waals surface area (Å²) in [5.41, 5.74) is 1.12. The molecule has 0 aliphatic rings. The largest absolute Gasteiger partial charge is 0.494 e. The highest BCUT2D eigenvalue weighted by Gasteiger charge is 2.13. The lowest BCUT2D eigenvalue weighted by atomic mass is 9.99. The normalized spacial score (nSPS) is 10.2. The van der Waals surface area contributed by atoms with Crippen molar-refractivity contribution in [3.63, 3.8) is 0 Å². The zero-order valence-electron chi connectivity index (χ0n) is 9.61. The van der Waals surface area contributed by atoms with Crippen molar-refractivity contribution in [1.29, 1.82) is 0 Å². The molecule has 92 valence electrons.